The molecule has 0 radical (unpaired) electrons. The summed E-state index contributed by atoms with van der Waals surface area (Å²) in [5, 5.41) is 7.02. The Morgan fingerprint density at radius 3 is 2.57 bits per heavy atom. The summed E-state index contributed by atoms with van der Waals surface area (Å²) < 4.78 is 14.4. The number of anilines is 1. The van der Waals surface area contributed by atoms with E-state index in [-0.39, 0.29) is 17.2 Å². The molecule has 2 N–H and O–H groups in total. The van der Waals surface area contributed by atoms with Crippen LogP contribution in [0.4, 0.5) is 10.2 Å². The number of H-pyrrole nitrogens is 1. The molecule has 0 aliphatic heterocycles. The second-order valence-electron chi connectivity index (χ2n) is 6.23. The Morgan fingerprint density at radius 1 is 1.07 bits per heavy atom. The Morgan fingerprint density at radius 2 is 1.82 bits per heavy atom. The maximum Gasteiger partial charge on any atom is 0.256 e. The largest absolute Gasteiger partial charge is 0.306 e. The third-order valence-corrected chi connectivity index (χ3v) is 4.21. The standard InChI is InChI=1S/C20H16FN5O2/c21-15-9-7-14(8-10-15)19(28)23-17-12-18(27)24-20-22-16(25-26(17)20)11-6-13-4-2-1-3-5-13/h1-5,7-10,12H,6,11H2,(H,23,28)(H,22,24,25,27). The minimum Gasteiger partial charge on any atom is -0.306 e. The summed E-state index contributed by atoms with van der Waals surface area (Å²) in [5.41, 5.74) is 1.00. The van der Waals surface area contributed by atoms with E-state index in [0.29, 0.717) is 12.2 Å². The highest BCUT2D eigenvalue weighted by molar-refractivity contribution is 6.03. The van der Waals surface area contributed by atoms with Gasteiger partial charge in [0.15, 0.2) is 5.82 Å². The van der Waals surface area contributed by atoms with Crippen LogP contribution in [0.3, 0.4) is 0 Å². The normalized spacial score (nSPS) is 10.9. The van der Waals surface area contributed by atoms with Crippen LogP contribution in [-0.2, 0) is 12.8 Å². The molecule has 2 aromatic carbocycles. The van der Waals surface area contributed by atoms with Crippen molar-refractivity contribution in [1.82, 2.24) is 19.6 Å². The van der Waals surface area contributed by atoms with Crippen LogP contribution in [0.5, 0.6) is 0 Å². The molecule has 2 heterocycles. The molecule has 7 nitrogen and oxygen atoms in total. The van der Waals surface area contributed by atoms with E-state index in [2.05, 4.69) is 20.4 Å². The molecule has 28 heavy (non-hydrogen) atoms. The summed E-state index contributed by atoms with van der Waals surface area (Å²) in [5.74, 6) is 0.0575. The van der Waals surface area contributed by atoms with Gasteiger partial charge >= 0.3 is 0 Å². The number of aryl methyl sites for hydroxylation is 2. The van der Waals surface area contributed by atoms with Crippen molar-refractivity contribution in [1.29, 1.82) is 0 Å². The zero-order valence-electron chi connectivity index (χ0n) is 14.7. The van der Waals surface area contributed by atoms with Crippen molar-refractivity contribution < 1.29 is 9.18 Å². The zero-order chi connectivity index (χ0) is 19.5. The number of fused-ring (bicyclic) bond motifs is 1. The van der Waals surface area contributed by atoms with Crippen molar-refractivity contribution in [3.05, 3.63) is 93.8 Å². The van der Waals surface area contributed by atoms with E-state index in [0.717, 1.165) is 12.0 Å². The smallest absolute Gasteiger partial charge is 0.256 e. The molecular formula is C20H16FN5O2. The van der Waals surface area contributed by atoms with Crippen molar-refractivity contribution in [2.45, 2.75) is 12.8 Å². The lowest BCUT2D eigenvalue weighted by Gasteiger charge is -2.06. The van der Waals surface area contributed by atoms with Crippen LogP contribution in [0, 0.1) is 5.82 Å². The van der Waals surface area contributed by atoms with E-state index >= 15 is 0 Å². The van der Waals surface area contributed by atoms with E-state index in [9.17, 15) is 14.0 Å². The van der Waals surface area contributed by atoms with E-state index in [1.165, 1.54) is 34.8 Å². The lowest BCUT2D eigenvalue weighted by molar-refractivity contribution is 0.102. The summed E-state index contributed by atoms with van der Waals surface area (Å²) in [4.78, 5) is 31.2. The number of hydrogen-bond acceptors (Lipinski definition) is 4. The second-order valence-corrected chi connectivity index (χ2v) is 6.23. The predicted octanol–water partition coefficient (Wildman–Crippen LogP) is 2.59. The number of hydrogen-bond donors (Lipinski definition) is 2. The van der Waals surface area contributed by atoms with E-state index in [1.54, 1.807) is 0 Å². The van der Waals surface area contributed by atoms with Crippen molar-refractivity contribution in [2.75, 3.05) is 5.32 Å². The number of aromatic nitrogens is 4. The Bertz CT molecular complexity index is 1180. The SMILES string of the molecule is O=C(Nc1cc(=O)[nH]c2nc(CCc3ccccc3)nn12)c1ccc(F)cc1. The van der Waals surface area contributed by atoms with Gasteiger partial charge in [-0.2, -0.15) is 9.50 Å². The lowest BCUT2D eigenvalue weighted by atomic mass is 10.1. The highest BCUT2D eigenvalue weighted by atomic mass is 19.1. The molecular weight excluding hydrogens is 361 g/mol. The predicted molar refractivity (Wildman–Crippen MR) is 102 cm³/mol. The molecule has 0 unspecified atom stereocenters. The number of nitrogens with one attached hydrogen (secondary N) is 2. The molecule has 140 valence electrons. The van der Waals surface area contributed by atoms with Crippen LogP contribution in [0.1, 0.15) is 21.7 Å². The Labute approximate surface area is 158 Å². The van der Waals surface area contributed by atoms with Crippen LogP contribution in [0.25, 0.3) is 5.78 Å². The van der Waals surface area contributed by atoms with Crippen LogP contribution < -0.4 is 10.9 Å². The maximum atomic E-state index is 13.0. The topological polar surface area (TPSA) is 92.1 Å². The van der Waals surface area contributed by atoms with Crippen LogP contribution in [0.15, 0.2) is 65.5 Å². The number of carbonyl (C=O) groups is 1. The van der Waals surface area contributed by atoms with Gasteiger partial charge in [0.05, 0.1) is 0 Å². The number of amides is 1. The number of benzene rings is 2. The number of rotatable bonds is 5. The van der Waals surface area contributed by atoms with Crippen LogP contribution >= 0.6 is 0 Å². The summed E-state index contributed by atoms with van der Waals surface area (Å²) in [7, 11) is 0. The molecule has 0 aliphatic carbocycles. The number of nitrogens with zero attached hydrogens (tertiary/aromatic N) is 3. The summed E-state index contributed by atoms with van der Waals surface area (Å²) in [6.07, 6.45) is 1.33. The van der Waals surface area contributed by atoms with Crippen LogP contribution in [-0.4, -0.2) is 25.5 Å². The average Bonchev–Trinajstić information content (AvgIpc) is 3.10. The minimum atomic E-state index is -0.478. The summed E-state index contributed by atoms with van der Waals surface area (Å²) in [6.45, 7) is 0. The van der Waals surface area contributed by atoms with Gasteiger partial charge in [0.2, 0.25) is 5.78 Å². The van der Waals surface area contributed by atoms with Gasteiger partial charge in [-0.3, -0.25) is 14.6 Å². The van der Waals surface area contributed by atoms with Gasteiger partial charge in [-0.1, -0.05) is 30.3 Å². The minimum absolute atomic E-state index is 0.187. The third-order valence-electron chi connectivity index (χ3n) is 4.21. The molecule has 0 saturated heterocycles. The Hall–Kier alpha value is -3.81. The fourth-order valence-corrected chi connectivity index (χ4v) is 2.82. The fourth-order valence-electron chi connectivity index (χ4n) is 2.82. The Kier molecular flexibility index (Phi) is 4.67. The van der Waals surface area contributed by atoms with Gasteiger partial charge in [0.25, 0.3) is 11.5 Å². The van der Waals surface area contributed by atoms with Gasteiger partial charge in [-0.15, -0.1) is 5.10 Å². The van der Waals surface area contributed by atoms with E-state index in [1.807, 2.05) is 30.3 Å². The second kappa shape index (κ2) is 7.43. The first kappa shape index (κ1) is 17.6. The third kappa shape index (κ3) is 3.80. The number of aromatic amines is 1. The van der Waals surface area contributed by atoms with E-state index in [4.69, 9.17) is 0 Å². The monoisotopic (exact) mass is 377 g/mol. The first-order valence-electron chi connectivity index (χ1n) is 8.68. The van der Waals surface area contributed by atoms with Crippen molar-refractivity contribution in [3.63, 3.8) is 0 Å². The average molecular weight is 377 g/mol. The summed E-state index contributed by atoms with van der Waals surface area (Å²) >= 11 is 0. The van der Waals surface area contributed by atoms with Gasteiger partial charge in [0.1, 0.15) is 11.6 Å². The van der Waals surface area contributed by atoms with Gasteiger partial charge in [0, 0.05) is 18.1 Å². The lowest BCUT2D eigenvalue weighted by Crippen LogP contribution is -2.18. The fraction of sp³-hybridized carbons (Fsp3) is 0.100. The maximum absolute atomic E-state index is 13.0. The molecule has 0 saturated carbocycles. The molecule has 0 spiro atoms. The molecule has 0 bridgehead atoms. The zero-order valence-corrected chi connectivity index (χ0v) is 14.7. The first-order chi connectivity index (χ1) is 13.6. The molecule has 4 rings (SSSR count). The number of halogens is 1. The molecule has 1 amide bonds. The van der Waals surface area contributed by atoms with Crippen molar-refractivity contribution >= 4 is 17.5 Å². The highest BCUT2D eigenvalue weighted by Gasteiger charge is 2.13. The van der Waals surface area contributed by atoms with Gasteiger partial charge < -0.3 is 5.32 Å². The molecule has 2 aromatic heterocycles. The van der Waals surface area contributed by atoms with Crippen molar-refractivity contribution in [3.8, 4) is 0 Å². The van der Waals surface area contributed by atoms with Crippen molar-refractivity contribution in [2.24, 2.45) is 0 Å². The van der Waals surface area contributed by atoms with Crippen LogP contribution in [0.2, 0.25) is 0 Å². The van der Waals surface area contributed by atoms with E-state index < -0.39 is 17.3 Å². The molecule has 0 fully saturated rings. The molecule has 0 atom stereocenters. The summed E-state index contributed by atoms with van der Waals surface area (Å²) in [6, 6.07) is 16.3. The molecule has 8 heteroatoms. The molecule has 4 aromatic rings. The Balaban J connectivity index is 1.59. The first-order valence-corrected chi connectivity index (χ1v) is 8.68. The van der Waals surface area contributed by atoms with Gasteiger partial charge in [-0.05, 0) is 36.2 Å². The quantitative estimate of drug-likeness (QED) is 0.559. The highest BCUT2D eigenvalue weighted by Crippen LogP contribution is 2.11. The number of carbonyl (C=O) groups excluding carboxylic acids is 1. The molecule has 0 aliphatic rings. The van der Waals surface area contributed by atoms with Gasteiger partial charge in [-0.25, -0.2) is 4.39 Å².